The summed E-state index contributed by atoms with van der Waals surface area (Å²) in [7, 11) is 0.141. The first-order chi connectivity index (χ1) is 12.2. The van der Waals surface area contributed by atoms with Gasteiger partial charge in [-0.3, -0.25) is 4.79 Å². The summed E-state index contributed by atoms with van der Waals surface area (Å²) in [4.78, 5) is 13.0. The van der Waals surface area contributed by atoms with E-state index < -0.39 is 0 Å². The van der Waals surface area contributed by atoms with E-state index >= 15 is 0 Å². The average Bonchev–Trinajstić information content (AvgIpc) is 2.55. The molecule has 2 rings (SSSR count). The van der Waals surface area contributed by atoms with E-state index in [4.69, 9.17) is 4.74 Å². The topological polar surface area (TPSA) is 26.3 Å². The molecule has 2 aromatic rings. The van der Waals surface area contributed by atoms with Crippen LogP contribution in [0.3, 0.4) is 0 Å². The number of benzene rings is 2. The van der Waals surface area contributed by atoms with E-state index in [2.05, 4.69) is 53.7 Å². The summed E-state index contributed by atoms with van der Waals surface area (Å²) in [5.74, 6) is 1.53. The van der Waals surface area contributed by atoms with E-state index in [1.807, 2.05) is 19.1 Å². The first-order valence-electron chi connectivity index (χ1n) is 9.33. The third kappa shape index (κ3) is 6.22. The molecule has 0 spiro atoms. The molecule has 0 amide bonds. The van der Waals surface area contributed by atoms with Crippen LogP contribution in [0.5, 0.6) is 5.75 Å². The number of aryl methyl sites for hydroxylation is 3. The largest absolute Gasteiger partial charge is 1.00 e. The molecule has 0 N–H and O–H groups in total. The first-order valence-corrected chi connectivity index (χ1v) is 10.3. The molecular weight excluding hydrogens is 346 g/mol. The van der Waals surface area contributed by atoms with Crippen molar-refractivity contribution < 1.29 is 28.4 Å². The van der Waals surface area contributed by atoms with Gasteiger partial charge in [0.05, 0.1) is 6.61 Å². The van der Waals surface area contributed by atoms with Crippen LogP contribution in [0.25, 0.3) is 0 Å². The van der Waals surface area contributed by atoms with Crippen molar-refractivity contribution in [3.63, 3.8) is 0 Å². The number of hydrogen-bond donors (Lipinski definition) is 0. The molecule has 4 heteroatoms. The number of carbonyl (C=O) groups is 1. The SMILES string of the molecule is Cc1cc(OCCC(C)C)ccc1PC(=O)c1c(C)cc(C)c(C)c1C.[Li+]. The maximum absolute atomic E-state index is 13.0. The van der Waals surface area contributed by atoms with Gasteiger partial charge in [0.15, 0.2) is 5.52 Å². The minimum atomic E-state index is 0. The summed E-state index contributed by atoms with van der Waals surface area (Å²) in [6.07, 6.45) is 1.05. The molecule has 2 nitrogen and oxygen atoms in total. The van der Waals surface area contributed by atoms with Gasteiger partial charge < -0.3 is 4.74 Å². The van der Waals surface area contributed by atoms with Crippen LogP contribution in [0.15, 0.2) is 24.3 Å². The molecular formula is C23H31LiO2P+. The fourth-order valence-electron chi connectivity index (χ4n) is 3.10. The summed E-state index contributed by atoms with van der Waals surface area (Å²) >= 11 is 0. The Hall–Kier alpha value is -1.06. The fourth-order valence-corrected chi connectivity index (χ4v) is 4.29. The van der Waals surface area contributed by atoms with E-state index in [0.717, 1.165) is 46.3 Å². The third-order valence-electron chi connectivity index (χ3n) is 4.99. The Bertz CT molecular complexity index is 813. The smallest absolute Gasteiger partial charge is 0.494 e. The van der Waals surface area contributed by atoms with Crippen molar-refractivity contribution in [3.8, 4) is 5.75 Å². The van der Waals surface area contributed by atoms with Gasteiger partial charge in [0.1, 0.15) is 5.75 Å². The predicted molar refractivity (Wildman–Crippen MR) is 114 cm³/mol. The number of ether oxygens (including phenoxy) is 1. The van der Waals surface area contributed by atoms with Gasteiger partial charge in [-0.1, -0.05) is 26.0 Å². The quantitative estimate of drug-likeness (QED) is 0.548. The Morgan fingerprint density at radius 2 is 1.63 bits per heavy atom. The molecule has 0 saturated heterocycles. The molecule has 0 heterocycles. The molecule has 1 unspecified atom stereocenters. The van der Waals surface area contributed by atoms with E-state index in [9.17, 15) is 4.79 Å². The molecule has 2 aromatic carbocycles. The predicted octanol–water partition coefficient (Wildman–Crippen LogP) is 2.80. The van der Waals surface area contributed by atoms with Crippen molar-refractivity contribution in [2.24, 2.45) is 5.92 Å². The summed E-state index contributed by atoms with van der Waals surface area (Å²) in [6.45, 7) is 15.5. The molecule has 0 aliphatic rings. The second-order valence-corrected chi connectivity index (χ2v) is 8.84. The van der Waals surface area contributed by atoms with Gasteiger partial charge in [-0.25, -0.2) is 0 Å². The number of rotatable bonds is 7. The summed E-state index contributed by atoms with van der Waals surface area (Å²) < 4.78 is 5.83. The van der Waals surface area contributed by atoms with Crippen molar-refractivity contribution in [3.05, 3.63) is 57.6 Å². The van der Waals surface area contributed by atoms with Crippen molar-refractivity contribution >= 4 is 19.4 Å². The molecule has 0 aromatic heterocycles. The van der Waals surface area contributed by atoms with Crippen LogP contribution in [-0.4, -0.2) is 12.1 Å². The second kappa shape index (κ2) is 10.5. The van der Waals surface area contributed by atoms with Gasteiger partial charge in [-0.15, -0.1) is 0 Å². The van der Waals surface area contributed by atoms with Gasteiger partial charge in [-0.2, -0.15) is 0 Å². The Morgan fingerprint density at radius 3 is 2.22 bits per heavy atom. The number of hydrogen-bond acceptors (Lipinski definition) is 2. The Morgan fingerprint density at radius 1 is 0.963 bits per heavy atom. The van der Waals surface area contributed by atoms with Crippen LogP contribution in [0.1, 0.15) is 58.4 Å². The van der Waals surface area contributed by atoms with E-state index in [1.165, 1.54) is 11.1 Å². The van der Waals surface area contributed by atoms with Crippen LogP contribution in [0.4, 0.5) is 0 Å². The minimum Gasteiger partial charge on any atom is -0.494 e. The zero-order valence-corrected chi connectivity index (χ0v) is 19.1. The standard InChI is InChI=1S/C23H31O2P.Li/c1-14(2)10-11-25-20-8-9-21(16(4)13-20)26-23(24)22-17(5)12-15(3)18(6)19(22)7;/h8-9,12-14,26H,10-11H2,1-7H3;/q;+1. The monoisotopic (exact) mass is 377 g/mol. The zero-order valence-electron chi connectivity index (χ0n) is 18.1. The molecule has 0 aliphatic heterocycles. The Kier molecular flexibility index (Phi) is 9.30. The molecule has 1 atom stereocenters. The van der Waals surface area contributed by atoms with Crippen LogP contribution < -0.4 is 28.9 Å². The van der Waals surface area contributed by atoms with Crippen LogP contribution >= 0.6 is 8.58 Å². The van der Waals surface area contributed by atoms with Crippen molar-refractivity contribution in [2.45, 2.75) is 54.9 Å². The van der Waals surface area contributed by atoms with Gasteiger partial charge in [0, 0.05) is 5.56 Å². The van der Waals surface area contributed by atoms with E-state index in [1.54, 1.807) is 0 Å². The molecule has 140 valence electrons. The first kappa shape index (κ1) is 24.0. The van der Waals surface area contributed by atoms with Gasteiger partial charge in [-0.05, 0) is 101 Å². The van der Waals surface area contributed by atoms with Crippen LogP contribution in [0.2, 0.25) is 0 Å². The van der Waals surface area contributed by atoms with Crippen LogP contribution in [-0.2, 0) is 0 Å². The maximum Gasteiger partial charge on any atom is 1.00 e. The maximum atomic E-state index is 13.0. The van der Waals surface area contributed by atoms with Crippen molar-refractivity contribution in [2.75, 3.05) is 6.61 Å². The van der Waals surface area contributed by atoms with E-state index in [-0.39, 0.29) is 33.0 Å². The Labute approximate surface area is 178 Å². The van der Waals surface area contributed by atoms with Crippen molar-refractivity contribution in [1.29, 1.82) is 0 Å². The summed E-state index contributed by atoms with van der Waals surface area (Å²) in [6, 6.07) is 8.21. The number of carbonyl (C=O) groups excluding carboxylic acids is 1. The third-order valence-corrected chi connectivity index (χ3v) is 6.30. The average molecular weight is 377 g/mol. The molecule has 0 fully saturated rings. The van der Waals surface area contributed by atoms with Crippen LogP contribution in [0, 0.1) is 40.5 Å². The zero-order chi connectivity index (χ0) is 19.4. The van der Waals surface area contributed by atoms with Gasteiger partial charge >= 0.3 is 18.9 Å². The summed E-state index contributed by atoms with van der Waals surface area (Å²) in [5, 5.41) is 1.10. The Balaban J connectivity index is 0.00000364. The second-order valence-electron chi connectivity index (χ2n) is 7.60. The van der Waals surface area contributed by atoms with Gasteiger partial charge in [0.2, 0.25) is 0 Å². The fraction of sp³-hybridized carbons (Fsp3) is 0.435. The molecule has 0 bridgehead atoms. The normalized spacial score (nSPS) is 11.1. The molecule has 0 saturated carbocycles. The van der Waals surface area contributed by atoms with Crippen molar-refractivity contribution in [1.82, 2.24) is 0 Å². The van der Waals surface area contributed by atoms with Gasteiger partial charge in [0.25, 0.3) is 0 Å². The van der Waals surface area contributed by atoms with E-state index in [0.29, 0.717) is 5.92 Å². The minimum absolute atomic E-state index is 0. The molecule has 0 aliphatic carbocycles. The molecule has 0 radical (unpaired) electrons. The summed E-state index contributed by atoms with van der Waals surface area (Å²) in [5.41, 5.74) is 6.90. The molecule has 27 heavy (non-hydrogen) atoms.